The van der Waals surface area contributed by atoms with Crippen molar-refractivity contribution in [3.05, 3.63) is 59.7 Å². The molecule has 33 heavy (non-hydrogen) atoms. The first-order valence-electron chi connectivity index (χ1n) is 11.8. The molecule has 1 atom stereocenters. The van der Waals surface area contributed by atoms with E-state index in [0.29, 0.717) is 43.2 Å². The molecule has 2 aromatic rings. The Morgan fingerprint density at radius 1 is 1.06 bits per heavy atom. The SMILES string of the molecule is CCS(=O)CCCOc1ccc(C(=O)N2CCC(N3C(=O)CCc4ccccc43)CC2)cc1. The molecule has 2 amide bonds. The van der Waals surface area contributed by atoms with E-state index in [0.717, 1.165) is 37.1 Å². The molecule has 4 rings (SSSR count). The lowest BCUT2D eigenvalue weighted by atomic mass is 9.95. The number of likely N-dealkylation sites (tertiary alicyclic amines) is 1. The second kappa shape index (κ2) is 11.0. The van der Waals surface area contributed by atoms with E-state index in [1.807, 2.05) is 47.1 Å². The topological polar surface area (TPSA) is 66.9 Å². The van der Waals surface area contributed by atoms with Gasteiger partial charge in [-0.05, 0) is 61.6 Å². The highest BCUT2D eigenvalue weighted by Gasteiger charge is 2.33. The van der Waals surface area contributed by atoms with Crippen molar-refractivity contribution >= 4 is 28.3 Å². The Hall–Kier alpha value is -2.67. The maximum absolute atomic E-state index is 13.0. The van der Waals surface area contributed by atoms with Gasteiger partial charge in [-0.15, -0.1) is 0 Å². The Morgan fingerprint density at radius 2 is 1.79 bits per heavy atom. The Morgan fingerprint density at radius 3 is 2.52 bits per heavy atom. The summed E-state index contributed by atoms with van der Waals surface area (Å²) in [7, 11) is -0.767. The highest BCUT2D eigenvalue weighted by atomic mass is 32.2. The third-order valence-electron chi connectivity index (χ3n) is 6.45. The molecule has 1 saturated heterocycles. The fourth-order valence-electron chi connectivity index (χ4n) is 4.61. The number of nitrogens with zero attached hydrogens (tertiary/aromatic N) is 2. The van der Waals surface area contributed by atoms with Gasteiger partial charge in [0, 0.05) is 59.1 Å². The number of rotatable bonds is 8. The predicted octanol–water partition coefficient (Wildman–Crippen LogP) is 3.81. The molecule has 1 unspecified atom stereocenters. The van der Waals surface area contributed by atoms with Gasteiger partial charge in [0.25, 0.3) is 5.91 Å². The summed E-state index contributed by atoms with van der Waals surface area (Å²) >= 11 is 0. The lowest BCUT2D eigenvalue weighted by Crippen LogP contribution is -2.50. The van der Waals surface area contributed by atoms with Gasteiger partial charge < -0.3 is 14.5 Å². The number of hydrogen-bond donors (Lipinski definition) is 0. The van der Waals surface area contributed by atoms with E-state index in [1.165, 1.54) is 5.56 Å². The number of carbonyl (C=O) groups excluding carboxylic acids is 2. The third kappa shape index (κ3) is 5.64. The van der Waals surface area contributed by atoms with Crippen LogP contribution in [0.2, 0.25) is 0 Å². The molecule has 2 aliphatic rings. The molecule has 0 aromatic heterocycles. The van der Waals surface area contributed by atoms with E-state index >= 15 is 0 Å². The van der Waals surface area contributed by atoms with Gasteiger partial charge >= 0.3 is 0 Å². The van der Waals surface area contributed by atoms with Gasteiger partial charge in [0.1, 0.15) is 5.75 Å². The summed E-state index contributed by atoms with van der Waals surface area (Å²) in [5.41, 5.74) is 2.92. The van der Waals surface area contributed by atoms with Crippen molar-refractivity contribution in [1.82, 2.24) is 4.90 Å². The van der Waals surface area contributed by atoms with Crippen LogP contribution in [-0.2, 0) is 22.0 Å². The largest absolute Gasteiger partial charge is 0.494 e. The molecule has 0 N–H and O–H groups in total. The maximum Gasteiger partial charge on any atom is 0.253 e. The average molecular weight is 469 g/mol. The summed E-state index contributed by atoms with van der Waals surface area (Å²) in [5.74, 6) is 2.25. The Balaban J connectivity index is 1.30. The van der Waals surface area contributed by atoms with Crippen molar-refractivity contribution in [2.24, 2.45) is 0 Å². The second-order valence-electron chi connectivity index (χ2n) is 8.57. The Labute approximate surface area is 198 Å². The normalized spacial score (nSPS) is 17.5. The summed E-state index contributed by atoms with van der Waals surface area (Å²) in [6.45, 7) is 3.72. The number of aryl methyl sites for hydroxylation is 1. The van der Waals surface area contributed by atoms with Gasteiger partial charge in [0.2, 0.25) is 5.91 Å². The van der Waals surface area contributed by atoms with Crippen molar-refractivity contribution in [3.8, 4) is 5.75 Å². The summed E-state index contributed by atoms with van der Waals surface area (Å²) in [4.78, 5) is 29.5. The van der Waals surface area contributed by atoms with Crippen LogP contribution in [0, 0.1) is 0 Å². The molecule has 0 spiro atoms. The number of hydrogen-bond acceptors (Lipinski definition) is 4. The van der Waals surface area contributed by atoms with E-state index in [2.05, 4.69) is 6.07 Å². The monoisotopic (exact) mass is 468 g/mol. The summed E-state index contributed by atoms with van der Waals surface area (Å²) < 4.78 is 17.2. The predicted molar refractivity (Wildman–Crippen MR) is 131 cm³/mol. The molecule has 176 valence electrons. The summed E-state index contributed by atoms with van der Waals surface area (Å²) in [5, 5.41) is 0. The zero-order valence-electron chi connectivity index (χ0n) is 19.2. The van der Waals surface area contributed by atoms with Crippen LogP contribution in [0.5, 0.6) is 5.75 Å². The van der Waals surface area contributed by atoms with Crippen molar-refractivity contribution in [2.75, 3.05) is 36.1 Å². The second-order valence-corrected chi connectivity index (χ2v) is 10.4. The van der Waals surface area contributed by atoms with Gasteiger partial charge in [-0.2, -0.15) is 0 Å². The number of ether oxygens (including phenoxy) is 1. The summed E-state index contributed by atoms with van der Waals surface area (Å²) in [6, 6.07) is 15.5. The Bertz CT molecular complexity index is 1000. The quantitative estimate of drug-likeness (QED) is 0.553. The van der Waals surface area contributed by atoms with Crippen LogP contribution in [0.4, 0.5) is 5.69 Å². The molecule has 7 heteroatoms. The minimum Gasteiger partial charge on any atom is -0.494 e. The van der Waals surface area contributed by atoms with Crippen molar-refractivity contribution in [2.45, 2.75) is 45.1 Å². The van der Waals surface area contributed by atoms with Crippen molar-refractivity contribution in [1.29, 1.82) is 0 Å². The smallest absolute Gasteiger partial charge is 0.253 e. The average Bonchev–Trinajstić information content (AvgIpc) is 2.86. The fourth-order valence-corrected chi connectivity index (χ4v) is 5.34. The van der Waals surface area contributed by atoms with Crippen LogP contribution >= 0.6 is 0 Å². The molecule has 6 nitrogen and oxygen atoms in total. The van der Waals surface area contributed by atoms with E-state index in [1.54, 1.807) is 12.1 Å². The van der Waals surface area contributed by atoms with Gasteiger partial charge in [0.05, 0.1) is 6.61 Å². The minimum atomic E-state index is -0.767. The number of para-hydroxylation sites is 1. The van der Waals surface area contributed by atoms with Gasteiger partial charge in [-0.3, -0.25) is 13.8 Å². The molecule has 2 heterocycles. The standard InChI is InChI=1S/C26H32N2O4S/c1-2-33(31)19-5-18-32-23-11-8-21(9-12-23)26(30)27-16-14-22(15-17-27)28-24-7-4-3-6-20(24)10-13-25(28)29/h3-4,6-9,11-12,22H,2,5,10,13-19H2,1H3. The number of fused-ring (bicyclic) bond motifs is 1. The van der Waals surface area contributed by atoms with Crippen LogP contribution in [-0.4, -0.2) is 58.2 Å². The lowest BCUT2D eigenvalue weighted by molar-refractivity contribution is -0.119. The molecule has 0 bridgehead atoms. The molecule has 0 radical (unpaired) electrons. The van der Waals surface area contributed by atoms with Crippen LogP contribution < -0.4 is 9.64 Å². The first kappa shape index (κ1) is 23.5. The Kier molecular flexibility index (Phi) is 7.81. The van der Waals surface area contributed by atoms with Gasteiger partial charge in [0.15, 0.2) is 0 Å². The van der Waals surface area contributed by atoms with Crippen LogP contribution in [0.1, 0.15) is 48.5 Å². The number of amides is 2. The molecule has 0 aliphatic carbocycles. The van der Waals surface area contributed by atoms with E-state index in [4.69, 9.17) is 4.74 Å². The van der Waals surface area contributed by atoms with Crippen LogP contribution in [0.15, 0.2) is 48.5 Å². The third-order valence-corrected chi connectivity index (χ3v) is 7.84. The number of carbonyl (C=O) groups is 2. The molecular weight excluding hydrogens is 436 g/mol. The van der Waals surface area contributed by atoms with Gasteiger partial charge in [-0.25, -0.2) is 0 Å². The zero-order valence-corrected chi connectivity index (χ0v) is 20.0. The minimum absolute atomic E-state index is 0.0173. The molecule has 2 aliphatic heterocycles. The van der Waals surface area contributed by atoms with Crippen molar-refractivity contribution < 1.29 is 18.5 Å². The first-order valence-corrected chi connectivity index (χ1v) is 13.3. The maximum atomic E-state index is 13.0. The van der Waals surface area contributed by atoms with Gasteiger partial charge in [-0.1, -0.05) is 25.1 Å². The molecule has 0 saturated carbocycles. The highest BCUT2D eigenvalue weighted by Crippen LogP contribution is 2.32. The molecular formula is C26H32N2O4S. The zero-order chi connectivity index (χ0) is 23.2. The molecule has 1 fully saturated rings. The number of piperidine rings is 1. The molecule has 2 aromatic carbocycles. The summed E-state index contributed by atoms with van der Waals surface area (Å²) in [6.07, 6.45) is 3.68. The lowest BCUT2D eigenvalue weighted by Gasteiger charge is -2.41. The fraction of sp³-hybridized carbons (Fsp3) is 0.462. The highest BCUT2D eigenvalue weighted by molar-refractivity contribution is 7.84. The van der Waals surface area contributed by atoms with Crippen molar-refractivity contribution in [3.63, 3.8) is 0 Å². The van der Waals surface area contributed by atoms with E-state index < -0.39 is 10.8 Å². The van der Waals surface area contributed by atoms with E-state index in [9.17, 15) is 13.8 Å². The number of benzene rings is 2. The van der Waals surface area contributed by atoms with Crippen LogP contribution in [0.3, 0.4) is 0 Å². The number of anilines is 1. The first-order chi connectivity index (χ1) is 16.1. The van der Waals surface area contributed by atoms with E-state index in [-0.39, 0.29) is 17.9 Å². The van der Waals surface area contributed by atoms with Crippen LogP contribution in [0.25, 0.3) is 0 Å².